The molecule has 0 saturated carbocycles. The number of guanidine groups is 1. The second-order valence-corrected chi connectivity index (χ2v) is 5.20. The zero-order valence-corrected chi connectivity index (χ0v) is 12.4. The third kappa shape index (κ3) is 7.50. The summed E-state index contributed by atoms with van der Waals surface area (Å²) in [5, 5.41) is 6.69. The molecule has 2 N–H and O–H groups in total. The van der Waals surface area contributed by atoms with Crippen LogP contribution < -0.4 is 10.6 Å². The van der Waals surface area contributed by atoms with E-state index in [-0.39, 0.29) is 0 Å². The first kappa shape index (κ1) is 15.5. The summed E-state index contributed by atoms with van der Waals surface area (Å²) in [5.41, 5.74) is 1.35. The van der Waals surface area contributed by atoms with Gasteiger partial charge in [-0.1, -0.05) is 44.2 Å². The average molecular weight is 261 g/mol. The normalized spacial score (nSPS) is 11.7. The topological polar surface area (TPSA) is 36.4 Å². The molecule has 0 amide bonds. The minimum absolute atomic E-state index is 0.773. The first-order chi connectivity index (χ1) is 9.22. The van der Waals surface area contributed by atoms with Crippen molar-refractivity contribution in [1.82, 2.24) is 10.6 Å². The van der Waals surface area contributed by atoms with Gasteiger partial charge in [-0.3, -0.25) is 4.99 Å². The SMILES string of the molecule is CN=C(NCCCC(C)C)NCCc1ccccc1. The Morgan fingerprint density at radius 1 is 1.11 bits per heavy atom. The molecule has 0 aromatic heterocycles. The zero-order valence-electron chi connectivity index (χ0n) is 12.4. The number of aliphatic imine (C=N–C) groups is 1. The maximum absolute atomic E-state index is 4.23. The average Bonchev–Trinajstić information content (AvgIpc) is 2.42. The summed E-state index contributed by atoms with van der Waals surface area (Å²) in [7, 11) is 1.82. The van der Waals surface area contributed by atoms with Crippen molar-refractivity contribution in [2.75, 3.05) is 20.1 Å². The van der Waals surface area contributed by atoms with Gasteiger partial charge in [0.25, 0.3) is 0 Å². The second kappa shape index (κ2) is 9.42. The van der Waals surface area contributed by atoms with Crippen LogP contribution in [0.1, 0.15) is 32.3 Å². The molecule has 0 radical (unpaired) electrons. The standard InChI is InChI=1S/C16H27N3/c1-14(2)8-7-12-18-16(17-3)19-13-11-15-9-5-4-6-10-15/h4-6,9-10,14H,7-8,11-13H2,1-3H3,(H2,17,18,19). The number of nitrogens with zero attached hydrogens (tertiary/aromatic N) is 1. The number of benzene rings is 1. The van der Waals surface area contributed by atoms with Gasteiger partial charge >= 0.3 is 0 Å². The highest BCUT2D eigenvalue weighted by molar-refractivity contribution is 5.79. The quantitative estimate of drug-likeness (QED) is 0.450. The van der Waals surface area contributed by atoms with Gasteiger partial charge in [-0.15, -0.1) is 0 Å². The highest BCUT2D eigenvalue weighted by Gasteiger charge is 1.98. The van der Waals surface area contributed by atoms with E-state index in [2.05, 4.69) is 53.7 Å². The molecule has 1 aromatic carbocycles. The molecule has 0 fully saturated rings. The molecule has 106 valence electrons. The van der Waals surface area contributed by atoms with Gasteiger partial charge in [-0.2, -0.15) is 0 Å². The Balaban J connectivity index is 2.15. The van der Waals surface area contributed by atoms with Crippen molar-refractivity contribution in [3.8, 4) is 0 Å². The molecule has 19 heavy (non-hydrogen) atoms. The van der Waals surface area contributed by atoms with Gasteiger partial charge in [0.15, 0.2) is 5.96 Å². The highest BCUT2D eigenvalue weighted by Crippen LogP contribution is 2.01. The molecular weight excluding hydrogens is 234 g/mol. The van der Waals surface area contributed by atoms with E-state index in [1.807, 2.05) is 13.1 Å². The van der Waals surface area contributed by atoms with E-state index in [9.17, 15) is 0 Å². The van der Waals surface area contributed by atoms with Gasteiger partial charge in [0, 0.05) is 20.1 Å². The molecular formula is C16H27N3. The molecule has 0 spiro atoms. The maximum Gasteiger partial charge on any atom is 0.190 e. The van der Waals surface area contributed by atoms with Crippen LogP contribution >= 0.6 is 0 Å². The number of hydrogen-bond acceptors (Lipinski definition) is 1. The van der Waals surface area contributed by atoms with Gasteiger partial charge in [-0.05, 0) is 30.7 Å². The zero-order chi connectivity index (χ0) is 13.9. The minimum Gasteiger partial charge on any atom is -0.356 e. The van der Waals surface area contributed by atoms with E-state index in [0.717, 1.165) is 31.4 Å². The van der Waals surface area contributed by atoms with Crippen LogP contribution in [0.2, 0.25) is 0 Å². The molecule has 0 aliphatic heterocycles. The van der Waals surface area contributed by atoms with E-state index >= 15 is 0 Å². The Bertz CT molecular complexity index is 358. The maximum atomic E-state index is 4.23. The molecule has 1 aromatic rings. The highest BCUT2D eigenvalue weighted by atomic mass is 15.2. The van der Waals surface area contributed by atoms with Crippen LogP contribution in [0.15, 0.2) is 35.3 Å². The first-order valence-electron chi connectivity index (χ1n) is 7.21. The predicted octanol–water partition coefficient (Wildman–Crippen LogP) is 2.83. The fraction of sp³-hybridized carbons (Fsp3) is 0.562. The van der Waals surface area contributed by atoms with E-state index in [1.54, 1.807) is 0 Å². The first-order valence-corrected chi connectivity index (χ1v) is 7.21. The Kier molecular flexibility index (Phi) is 7.71. The molecule has 3 nitrogen and oxygen atoms in total. The minimum atomic E-state index is 0.773. The monoisotopic (exact) mass is 261 g/mol. The van der Waals surface area contributed by atoms with Crippen LogP contribution in [-0.4, -0.2) is 26.1 Å². The molecule has 0 saturated heterocycles. The van der Waals surface area contributed by atoms with Crippen molar-refractivity contribution in [3.05, 3.63) is 35.9 Å². The van der Waals surface area contributed by atoms with Crippen LogP contribution in [-0.2, 0) is 6.42 Å². The van der Waals surface area contributed by atoms with Gasteiger partial charge in [-0.25, -0.2) is 0 Å². The third-order valence-corrected chi connectivity index (χ3v) is 3.02. The van der Waals surface area contributed by atoms with Crippen molar-refractivity contribution < 1.29 is 0 Å². The van der Waals surface area contributed by atoms with E-state index in [0.29, 0.717) is 0 Å². The van der Waals surface area contributed by atoms with Crippen LogP contribution in [0.25, 0.3) is 0 Å². The third-order valence-electron chi connectivity index (χ3n) is 3.02. The lowest BCUT2D eigenvalue weighted by Crippen LogP contribution is -2.38. The lowest BCUT2D eigenvalue weighted by molar-refractivity contribution is 0.549. The molecule has 0 atom stereocenters. The summed E-state index contributed by atoms with van der Waals surface area (Å²) in [6.07, 6.45) is 3.47. The Morgan fingerprint density at radius 3 is 2.42 bits per heavy atom. The molecule has 1 rings (SSSR count). The smallest absolute Gasteiger partial charge is 0.190 e. The summed E-state index contributed by atoms with van der Waals surface area (Å²) >= 11 is 0. The fourth-order valence-corrected chi connectivity index (χ4v) is 1.91. The van der Waals surface area contributed by atoms with Crippen LogP contribution in [0, 0.1) is 5.92 Å². The van der Waals surface area contributed by atoms with Gasteiger partial charge in [0.2, 0.25) is 0 Å². The van der Waals surface area contributed by atoms with Crippen molar-refractivity contribution in [3.63, 3.8) is 0 Å². The van der Waals surface area contributed by atoms with Crippen molar-refractivity contribution in [2.45, 2.75) is 33.1 Å². The van der Waals surface area contributed by atoms with Crippen LogP contribution in [0.3, 0.4) is 0 Å². The summed E-state index contributed by atoms with van der Waals surface area (Å²) < 4.78 is 0. The van der Waals surface area contributed by atoms with Crippen LogP contribution in [0.4, 0.5) is 0 Å². The summed E-state index contributed by atoms with van der Waals surface area (Å²) in [4.78, 5) is 4.23. The largest absolute Gasteiger partial charge is 0.356 e. The Hall–Kier alpha value is -1.51. The van der Waals surface area contributed by atoms with Crippen molar-refractivity contribution in [1.29, 1.82) is 0 Å². The van der Waals surface area contributed by atoms with Gasteiger partial charge in [0.05, 0.1) is 0 Å². The molecule has 3 heteroatoms. The number of nitrogens with one attached hydrogen (secondary N) is 2. The Morgan fingerprint density at radius 2 is 1.79 bits per heavy atom. The van der Waals surface area contributed by atoms with Crippen molar-refractivity contribution in [2.24, 2.45) is 10.9 Å². The molecule has 0 unspecified atom stereocenters. The second-order valence-electron chi connectivity index (χ2n) is 5.20. The summed E-state index contributed by atoms with van der Waals surface area (Å²) in [5.74, 6) is 1.68. The van der Waals surface area contributed by atoms with Gasteiger partial charge in [0.1, 0.15) is 0 Å². The lowest BCUT2D eigenvalue weighted by atomic mass is 10.1. The van der Waals surface area contributed by atoms with Gasteiger partial charge < -0.3 is 10.6 Å². The Labute approximate surface area is 117 Å². The lowest BCUT2D eigenvalue weighted by Gasteiger charge is -2.12. The van der Waals surface area contributed by atoms with Crippen LogP contribution in [0.5, 0.6) is 0 Å². The molecule has 0 aliphatic carbocycles. The summed E-state index contributed by atoms with van der Waals surface area (Å²) in [6.45, 7) is 6.41. The number of rotatable bonds is 7. The van der Waals surface area contributed by atoms with E-state index < -0.39 is 0 Å². The van der Waals surface area contributed by atoms with E-state index in [1.165, 1.54) is 18.4 Å². The molecule has 0 aliphatic rings. The van der Waals surface area contributed by atoms with Crippen molar-refractivity contribution >= 4 is 5.96 Å². The number of hydrogen-bond donors (Lipinski definition) is 2. The molecule has 0 heterocycles. The van der Waals surface area contributed by atoms with E-state index in [4.69, 9.17) is 0 Å². The summed E-state index contributed by atoms with van der Waals surface area (Å²) in [6, 6.07) is 10.5. The predicted molar refractivity (Wildman–Crippen MR) is 83.6 cm³/mol. The fourth-order valence-electron chi connectivity index (χ4n) is 1.91. The molecule has 0 bridgehead atoms.